The zero-order valence-electron chi connectivity index (χ0n) is 15.9. The van der Waals surface area contributed by atoms with Crippen LogP contribution in [-0.4, -0.2) is 13.2 Å². The Balaban J connectivity index is 1.49. The van der Waals surface area contributed by atoms with Crippen molar-refractivity contribution in [3.63, 3.8) is 0 Å². The number of nitrogens with one attached hydrogen (secondary N) is 1. The summed E-state index contributed by atoms with van der Waals surface area (Å²) in [6.07, 6.45) is 2.03. The highest BCUT2D eigenvalue weighted by Gasteiger charge is 2.03. The molecule has 0 saturated carbocycles. The fourth-order valence-corrected chi connectivity index (χ4v) is 2.91. The molecule has 3 aromatic rings. The minimum absolute atomic E-state index is 0.687. The van der Waals surface area contributed by atoms with Crippen molar-refractivity contribution in [2.75, 3.05) is 18.5 Å². The largest absolute Gasteiger partial charge is 0.494 e. The second-order valence-electron chi connectivity index (χ2n) is 6.36. The predicted octanol–water partition coefficient (Wildman–Crippen LogP) is 5.71. The normalized spacial score (nSPS) is 10.4. The maximum Gasteiger partial charge on any atom is 0.142 e. The van der Waals surface area contributed by atoms with E-state index in [4.69, 9.17) is 9.47 Å². The van der Waals surface area contributed by atoms with Gasteiger partial charge in [0.15, 0.2) is 0 Å². The van der Waals surface area contributed by atoms with E-state index in [-0.39, 0.29) is 0 Å². The van der Waals surface area contributed by atoms with E-state index in [1.54, 1.807) is 0 Å². The average molecular weight is 361 g/mol. The number of ether oxygens (including phenoxy) is 2. The Kier molecular flexibility index (Phi) is 7.16. The second-order valence-corrected chi connectivity index (χ2v) is 6.36. The topological polar surface area (TPSA) is 30.5 Å². The van der Waals surface area contributed by atoms with Crippen molar-refractivity contribution in [1.29, 1.82) is 0 Å². The molecule has 0 aliphatic heterocycles. The fraction of sp³-hybridized carbons (Fsp3) is 0.250. The van der Waals surface area contributed by atoms with Crippen molar-refractivity contribution in [3.05, 3.63) is 90.0 Å². The van der Waals surface area contributed by atoms with E-state index in [1.807, 2.05) is 43.3 Å². The summed E-state index contributed by atoms with van der Waals surface area (Å²) in [4.78, 5) is 0. The molecule has 0 saturated heterocycles. The van der Waals surface area contributed by atoms with Gasteiger partial charge in [0, 0.05) is 6.54 Å². The maximum absolute atomic E-state index is 6.02. The van der Waals surface area contributed by atoms with Gasteiger partial charge in [-0.2, -0.15) is 0 Å². The van der Waals surface area contributed by atoms with Crippen LogP contribution in [-0.2, 0) is 13.0 Å². The van der Waals surface area contributed by atoms with Gasteiger partial charge >= 0.3 is 0 Å². The highest BCUT2D eigenvalue weighted by Crippen LogP contribution is 2.25. The van der Waals surface area contributed by atoms with Crippen LogP contribution < -0.4 is 14.8 Å². The summed E-state index contributed by atoms with van der Waals surface area (Å²) in [7, 11) is 0. The minimum Gasteiger partial charge on any atom is -0.494 e. The molecule has 0 atom stereocenters. The van der Waals surface area contributed by atoms with Gasteiger partial charge in [-0.3, -0.25) is 0 Å². The highest BCUT2D eigenvalue weighted by molar-refractivity contribution is 5.56. The van der Waals surface area contributed by atoms with Gasteiger partial charge in [-0.15, -0.1) is 0 Å². The molecule has 0 spiro atoms. The Bertz CT molecular complexity index is 800. The van der Waals surface area contributed by atoms with E-state index in [2.05, 4.69) is 47.8 Å². The van der Waals surface area contributed by atoms with Crippen LogP contribution in [0.4, 0.5) is 5.69 Å². The molecule has 0 heterocycles. The third-order valence-corrected chi connectivity index (χ3v) is 4.31. The van der Waals surface area contributed by atoms with Gasteiger partial charge in [0.05, 0.1) is 18.9 Å². The lowest BCUT2D eigenvalue weighted by atomic mass is 10.1. The summed E-state index contributed by atoms with van der Waals surface area (Å²) >= 11 is 0. The summed E-state index contributed by atoms with van der Waals surface area (Å²) in [5, 5.41) is 3.47. The molecule has 0 amide bonds. The van der Waals surface area contributed by atoms with Crippen LogP contribution in [0.15, 0.2) is 78.9 Å². The first kappa shape index (κ1) is 18.8. The van der Waals surface area contributed by atoms with Crippen molar-refractivity contribution in [2.45, 2.75) is 26.3 Å². The molecule has 3 aromatic carbocycles. The van der Waals surface area contributed by atoms with Gasteiger partial charge in [-0.05, 0) is 55.2 Å². The van der Waals surface area contributed by atoms with E-state index >= 15 is 0 Å². The third-order valence-electron chi connectivity index (χ3n) is 4.31. The molecule has 0 fully saturated rings. The molecule has 3 nitrogen and oxygen atoms in total. The van der Waals surface area contributed by atoms with Crippen molar-refractivity contribution in [1.82, 2.24) is 0 Å². The van der Waals surface area contributed by atoms with Crippen LogP contribution in [0.1, 0.15) is 24.5 Å². The first-order chi connectivity index (χ1) is 13.3. The second kappa shape index (κ2) is 10.3. The molecule has 0 aromatic heterocycles. The van der Waals surface area contributed by atoms with Gasteiger partial charge in [-0.25, -0.2) is 0 Å². The van der Waals surface area contributed by atoms with Crippen LogP contribution in [0.2, 0.25) is 0 Å². The smallest absolute Gasteiger partial charge is 0.142 e. The van der Waals surface area contributed by atoms with Crippen LogP contribution >= 0.6 is 0 Å². The average Bonchev–Trinajstić information content (AvgIpc) is 2.72. The van der Waals surface area contributed by atoms with Gasteiger partial charge in [-0.1, -0.05) is 54.6 Å². The van der Waals surface area contributed by atoms with Crippen molar-refractivity contribution >= 4 is 5.69 Å². The quantitative estimate of drug-likeness (QED) is 0.469. The molecule has 0 bridgehead atoms. The SMILES string of the molecule is CCOc1ccc(CNc2ccccc2OCCCc2ccccc2)cc1. The Morgan fingerprint density at radius 3 is 2.26 bits per heavy atom. The number of para-hydroxylation sites is 2. The third kappa shape index (κ3) is 6.07. The predicted molar refractivity (Wildman–Crippen MR) is 112 cm³/mol. The van der Waals surface area contributed by atoms with Crippen molar-refractivity contribution in [2.24, 2.45) is 0 Å². The number of hydrogen-bond donors (Lipinski definition) is 1. The van der Waals surface area contributed by atoms with Crippen LogP contribution in [0, 0.1) is 0 Å². The Hall–Kier alpha value is -2.94. The van der Waals surface area contributed by atoms with E-state index in [9.17, 15) is 0 Å². The van der Waals surface area contributed by atoms with E-state index in [0.717, 1.165) is 36.6 Å². The summed E-state index contributed by atoms with van der Waals surface area (Å²) in [5.41, 5.74) is 3.58. The zero-order valence-corrected chi connectivity index (χ0v) is 15.9. The summed E-state index contributed by atoms with van der Waals surface area (Å²) in [6, 6.07) is 26.8. The molecule has 1 N–H and O–H groups in total. The van der Waals surface area contributed by atoms with Gasteiger partial charge in [0.25, 0.3) is 0 Å². The first-order valence-electron chi connectivity index (χ1n) is 9.56. The fourth-order valence-electron chi connectivity index (χ4n) is 2.91. The van der Waals surface area contributed by atoms with Gasteiger partial charge in [0.1, 0.15) is 11.5 Å². The Labute approximate surface area is 162 Å². The molecular formula is C24H27NO2. The molecule has 0 unspecified atom stereocenters. The van der Waals surface area contributed by atoms with E-state index in [0.29, 0.717) is 13.2 Å². The monoisotopic (exact) mass is 361 g/mol. The molecular weight excluding hydrogens is 334 g/mol. The van der Waals surface area contributed by atoms with Gasteiger partial charge in [0.2, 0.25) is 0 Å². The van der Waals surface area contributed by atoms with E-state index < -0.39 is 0 Å². The minimum atomic E-state index is 0.687. The molecule has 0 radical (unpaired) electrons. The molecule has 0 aliphatic rings. The van der Waals surface area contributed by atoms with Gasteiger partial charge < -0.3 is 14.8 Å². The number of aryl methyl sites for hydroxylation is 1. The van der Waals surface area contributed by atoms with Crippen LogP contribution in [0.5, 0.6) is 11.5 Å². The summed E-state index contributed by atoms with van der Waals surface area (Å²) in [5.74, 6) is 1.81. The lowest BCUT2D eigenvalue weighted by Crippen LogP contribution is -2.04. The van der Waals surface area contributed by atoms with Crippen LogP contribution in [0.3, 0.4) is 0 Å². The first-order valence-corrected chi connectivity index (χ1v) is 9.56. The van der Waals surface area contributed by atoms with Crippen molar-refractivity contribution < 1.29 is 9.47 Å². The van der Waals surface area contributed by atoms with Crippen molar-refractivity contribution in [3.8, 4) is 11.5 Å². The molecule has 3 rings (SSSR count). The zero-order chi connectivity index (χ0) is 18.7. The van der Waals surface area contributed by atoms with E-state index in [1.165, 1.54) is 11.1 Å². The summed E-state index contributed by atoms with van der Waals surface area (Å²) < 4.78 is 11.5. The summed E-state index contributed by atoms with van der Waals surface area (Å²) in [6.45, 7) is 4.13. The Morgan fingerprint density at radius 1 is 0.741 bits per heavy atom. The van der Waals surface area contributed by atoms with Crippen LogP contribution in [0.25, 0.3) is 0 Å². The number of hydrogen-bond acceptors (Lipinski definition) is 3. The standard InChI is InChI=1S/C24H27NO2/c1-2-26-22-16-14-21(15-17-22)19-25-23-12-6-7-13-24(23)27-18-8-11-20-9-4-3-5-10-20/h3-7,9-10,12-17,25H,2,8,11,18-19H2,1H3. The molecule has 0 aliphatic carbocycles. The number of benzene rings is 3. The molecule has 27 heavy (non-hydrogen) atoms. The number of anilines is 1. The molecule has 3 heteroatoms. The molecule has 140 valence electrons. The lowest BCUT2D eigenvalue weighted by molar-refractivity contribution is 0.312. The Morgan fingerprint density at radius 2 is 1.48 bits per heavy atom. The maximum atomic E-state index is 6.02. The highest BCUT2D eigenvalue weighted by atomic mass is 16.5. The number of rotatable bonds is 10. The lowest BCUT2D eigenvalue weighted by Gasteiger charge is -2.13.